The first kappa shape index (κ1) is 15.5. The molecule has 2 N–H and O–H groups in total. The minimum atomic E-state index is -0.244. The highest BCUT2D eigenvalue weighted by atomic mass is 32.1. The Morgan fingerprint density at radius 1 is 1.48 bits per heavy atom. The first-order valence-corrected chi connectivity index (χ1v) is 7.81. The third-order valence-corrected chi connectivity index (χ3v) is 4.01. The molecule has 21 heavy (non-hydrogen) atoms. The minimum absolute atomic E-state index is 0.0209. The Hall–Kier alpha value is -1.89. The highest BCUT2D eigenvalue weighted by molar-refractivity contribution is 7.13. The number of thiazole rings is 1. The molecule has 0 spiro atoms. The molecule has 2 rings (SSSR count). The summed E-state index contributed by atoms with van der Waals surface area (Å²) in [4.78, 5) is 16.2. The molecule has 0 bridgehead atoms. The number of aryl methyl sites for hydroxylation is 3. The number of hydrogen-bond acceptors (Lipinski definition) is 5. The van der Waals surface area contributed by atoms with Crippen LogP contribution in [0.4, 0.5) is 9.93 Å². The fourth-order valence-corrected chi connectivity index (χ4v) is 2.82. The van der Waals surface area contributed by atoms with E-state index in [1.165, 1.54) is 11.3 Å². The average Bonchev–Trinajstić information content (AvgIpc) is 3.00. The van der Waals surface area contributed by atoms with E-state index in [0.717, 1.165) is 29.1 Å². The van der Waals surface area contributed by atoms with Crippen molar-refractivity contribution in [3.05, 3.63) is 28.1 Å². The van der Waals surface area contributed by atoms with E-state index in [0.29, 0.717) is 11.6 Å². The van der Waals surface area contributed by atoms with Crippen LogP contribution in [0.15, 0.2) is 9.90 Å². The van der Waals surface area contributed by atoms with Crippen LogP contribution in [0.1, 0.15) is 36.6 Å². The fourth-order valence-electron chi connectivity index (χ4n) is 2.03. The van der Waals surface area contributed by atoms with Crippen LogP contribution in [0.25, 0.3) is 0 Å². The molecule has 0 aliphatic rings. The molecular formula is C14H20N4O2S. The van der Waals surface area contributed by atoms with Gasteiger partial charge in [0.05, 0.1) is 11.4 Å². The predicted octanol–water partition coefficient (Wildman–Crippen LogP) is 3.06. The van der Waals surface area contributed by atoms with E-state index >= 15 is 0 Å². The van der Waals surface area contributed by atoms with Gasteiger partial charge in [-0.15, -0.1) is 11.3 Å². The van der Waals surface area contributed by atoms with Crippen molar-refractivity contribution in [3.8, 4) is 0 Å². The molecule has 0 saturated heterocycles. The van der Waals surface area contributed by atoms with Crippen molar-refractivity contribution in [2.75, 3.05) is 5.32 Å². The van der Waals surface area contributed by atoms with Gasteiger partial charge in [0, 0.05) is 17.0 Å². The first-order chi connectivity index (χ1) is 9.99. The lowest BCUT2D eigenvalue weighted by Gasteiger charge is -2.13. The van der Waals surface area contributed by atoms with E-state index in [4.69, 9.17) is 4.52 Å². The number of carbonyl (C=O) groups excluding carboxylic acids is 1. The van der Waals surface area contributed by atoms with Gasteiger partial charge in [0.15, 0.2) is 5.13 Å². The third-order valence-electron chi connectivity index (χ3n) is 3.20. The number of rotatable bonds is 5. The van der Waals surface area contributed by atoms with Gasteiger partial charge in [-0.1, -0.05) is 12.1 Å². The lowest BCUT2D eigenvalue weighted by molar-refractivity contribution is 0.249. The lowest BCUT2D eigenvalue weighted by atomic mass is 10.1. The number of hydrogen-bond donors (Lipinski definition) is 2. The van der Waals surface area contributed by atoms with Crippen molar-refractivity contribution >= 4 is 22.5 Å². The van der Waals surface area contributed by atoms with Crippen LogP contribution in [0.5, 0.6) is 0 Å². The van der Waals surface area contributed by atoms with Gasteiger partial charge in [-0.3, -0.25) is 5.32 Å². The molecule has 6 nitrogen and oxygen atoms in total. The minimum Gasteiger partial charge on any atom is -0.361 e. The van der Waals surface area contributed by atoms with Crippen molar-refractivity contribution in [2.45, 2.75) is 46.6 Å². The summed E-state index contributed by atoms with van der Waals surface area (Å²) in [5, 5.41) is 12.1. The van der Waals surface area contributed by atoms with Gasteiger partial charge >= 0.3 is 6.03 Å². The molecule has 0 saturated carbocycles. The summed E-state index contributed by atoms with van der Waals surface area (Å²) in [7, 11) is 0. The largest absolute Gasteiger partial charge is 0.361 e. The zero-order chi connectivity index (χ0) is 15.4. The van der Waals surface area contributed by atoms with E-state index in [1.54, 1.807) is 0 Å². The summed E-state index contributed by atoms with van der Waals surface area (Å²) in [6.45, 7) is 7.76. The standard InChI is InChI=1S/C14H20N4O2S/c1-5-11-7-21-14(16-11)17-13(19)15-8(2)6-12-9(3)18-20-10(12)4/h7-8H,5-6H2,1-4H3,(H2,15,16,17,19)/t8-/m1/s1. The van der Waals surface area contributed by atoms with Crippen molar-refractivity contribution in [1.82, 2.24) is 15.5 Å². The molecule has 0 unspecified atom stereocenters. The summed E-state index contributed by atoms with van der Waals surface area (Å²) < 4.78 is 5.13. The normalized spacial score (nSPS) is 12.2. The maximum Gasteiger partial charge on any atom is 0.321 e. The maximum absolute atomic E-state index is 11.9. The van der Waals surface area contributed by atoms with Crippen LogP contribution in [0.3, 0.4) is 0 Å². The van der Waals surface area contributed by atoms with Gasteiger partial charge in [0.2, 0.25) is 0 Å². The number of amides is 2. The van der Waals surface area contributed by atoms with Gasteiger partial charge in [-0.25, -0.2) is 9.78 Å². The fraction of sp³-hybridized carbons (Fsp3) is 0.500. The van der Waals surface area contributed by atoms with Gasteiger partial charge in [-0.2, -0.15) is 0 Å². The van der Waals surface area contributed by atoms with E-state index in [-0.39, 0.29) is 12.1 Å². The highest BCUT2D eigenvalue weighted by Crippen LogP contribution is 2.16. The van der Waals surface area contributed by atoms with Crippen LogP contribution in [-0.4, -0.2) is 22.2 Å². The number of aromatic nitrogens is 2. The molecule has 2 aromatic rings. The van der Waals surface area contributed by atoms with Gasteiger partial charge in [0.25, 0.3) is 0 Å². The van der Waals surface area contributed by atoms with Crippen LogP contribution in [0, 0.1) is 13.8 Å². The van der Waals surface area contributed by atoms with Gasteiger partial charge < -0.3 is 9.84 Å². The Morgan fingerprint density at radius 3 is 2.81 bits per heavy atom. The van der Waals surface area contributed by atoms with Crippen LogP contribution in [-0.2, 0) is 12.8 Å². The van der Waals surface area contributed by atoms with E-state index in [9.17, 15) is 4.79 Å². The molecule has 2 heterocycles. The Balaban J connectivity index is 1.87. The Labute approximate surface area is 127 Å². The van der Waals surface area contributed by atoms with Crippen molar-refractivity contribution in [2.24, 2.45) is 0 Å². The summed E-state index contributed by atoms with van der Waals surface area (Å²) in [6.07, 6.45) is 1.55. The molecule has 0 aromatic carbocycles. The Morgan fingerprint density at radius 2 is 2.24 bits per heavy atom. The van der Waals surface area contributed by atoms with Crippen molar-refractivity contribution < 1.29 is 9.32 Å². The zero-order valence-electron chi connectivity index (χ0n) is 12.7. The topological polar surface area (TPSA) is 80.0 Å². The zero-order valence-corrected chi connectivity index (χ0v) is 13.5. The summed E-state index contributed by atoms with van der Waals surface area (Å²) in [5.41, 5.74) is 2.90. The predicted molar refractivity (Wildman–Crippen MR) is 82.8 cm³/mol. The molecular weight excluding hydrogens is 288 g/mol. The van der Waals surface area contributed by atoms with E-state index in [1.807, 2.05) is 33.1 Å². The Kier molecular flexibility index (Phi) is 4.95. The SMILES string of the molecule is CCc1csc(NC(=O)N[C@H](C)Cc2c(C)noc2C)n1. The third kappa shape index (κ3) is 4.04. The lowest BCUT2D eigenvalue weighted by Crippen LogP contribution is -2.37. The van der Waals surface area contributed by atoms with Crippen LogP contribution in [0.2, 0.25) is 0 Å². The molecule has 0 aliphatic heterocycles. The molecule has 1 atom stereocenters. The highest BCUT2D eigenvalue weighted by Gasteiger charge is 2.15. The second-order valence-electron chi connectivity index (χ2n) is 5.00. The van der Waals surface area contributed by atoms with Gasteiger partial charge in [-0.05, 0) is 33.6 Å². The molecule has 0 fully saturated rings. The molecule has 114 valence electrons. The second-order valence-corrected chi connectivity index (χ2v) is 5.86. The number of nitrogens with zero attached hydrogens (tertiary/aromatic N) is 2. The van der Waals surface area contributed by atoms with Crippen molar-refractivity contribution in [3.63, 3.8) is 0 Å². The number of anilines is 1. The first-order valence-electron chi connectivity index (χ1n) is 6.93. The average molecular weight is 308 g/mol. The Bertz CT molecular complexity index is 601. The molecule has 2 amide bonds. The van der Waals surface area contributed by atoms with Crippen LogP contribution >= 0.6 is 11.3 Å². The smallest absolute Gasteiger partial charge is 0.321 e. The number of nitrogens with one attached hydrogen (secondary N) is 2. The second kappa shape index (κ2) is 6.71. The monoisotopic (exact) mass is 308 g/mol. The molecule has 0 aliphatic carbocycles. The number of urea groups is 1. The van der Waals surface area contributed by atoms with Gasteiger partial charge in [0.1, 0.15) is 5.76 Å². The van der Waals surface area contributed by atoms with E-state index < -0.39 is 0 Å². The summed E-state index contributed by atoms with van der Waals surface area (Å²) in [5.74, 6) is 0.800. The van der Waals surface area contributed by atoms with Crippen LogP contribution < -0.4 is 10.6 Å². The maximum atomic E-state index is 11.9. The quantitative estimate of drug-likeness (QED) is 0.889. The molecule has 0 radical (unpaired) electrons. The molecule has 7 heteroatoms. The van der Waals surface area contributed by atoms with E-state index in [2.05, 4.69) is 20.8 Å². The molecule has 2 aromatic heterocycles. The summed E-state index contributed by atoms with van der Waals surface area (Å²) in [6, 6.07) is -0.265. The summed E-state index contributed by atoms with van der Waals surface area (Å²) >= 11 is 1.43. The number of carbonyl (C=O) groups is 1. The van der Waals surface area contributed by atoms with Crippen molar-refractivity contribution in [1.29, 1.82) is 0 Å².